The Balaban J connectivity index is 2.79. The van der Waals surface area contributed by atoms with Crippen molar-refractivity contribution in [1.29, 1.82) is 0 Å². The maximum absolute atomic E-state index is 13.8. The molecule has 2 rings (SSSR count). The minimum absolute atomic E-state index is 0.0928. The number of fused-ring (bicyclic) bond motifs is 1. The van der Waals surface area contributed by atoms with Gasteiger partial charge >= 0.3 is 0 Å². The van der Waals surface area contributed by atoms with E-state index in [0.717, 1.165) is 5.39 Å². The molecule has 0 spiro atoms. The largest absolute Gasteiger partial charge is 0.392 e. The van der Waals surface area contributed by atoms with E-state index in [1.54, 1.807) is 6.07 Å². The van der Waals surface area contributed by atoms with Gasteiger partial charge in [-0.2, -0.15) is 0 Å². The Labute approximate surface area is 89.7 Å². The molecule has 2 aromatic rings. The molecule has 0 bridgehead atoms. The van der Waals surface area contributed by atoms with E-state index in [0.29, 0.717) is 15.8 Å². The number of hydrogen-bond acceptors (Lipinski definition) is 2. The van der Waals surface area contributed by atoms with Gasteiger partial charge in [0.1, 0.15) is 5.82 Å². The van der Waals surface area contributed by atoms with Gasteiger partial charge in [-0.1, -0.05) is 0 Å². The molecule has 1 heterocycles. The highest BCUT2D eigenvalue weighted by atomic mass is 35.5. The molecule has 0 saturated heterocycles. The highest BCUT2D eigenvalue weighted by Crippen LogP contribution is 2.29. The highest BCUT2D eigenvalue weighted by molar-refractivity contribution is 7.17. The fraction of sp³-hybridized carbons (Fsp3) is 0.200. The van der Waals surface area contributed by atoms with Crippen LogP contribution in [0.3, 0.4) is 0 Å². The number of benzene rings is 1. The Hall–Kier alpha value is -0.640. The average Bonchev–Trinajstić information content (AvgIpc) is 2.65. The van der Waals surface area contributed by atoms with E-state index in [9.17, 15) is 4.39 Å². The summed E-state index contributed by atoms with van der Waals surface area (Å²) in [5, 5.41) is 11.7. The summed E-state index contributed by atoms with van der Waals surface area (Å²) in [6.45, 7) is -0.176. The van der Waals surface area contributed by atoms with Gasteiger partial charge in [0.25, 0.3) is 0 Å². The Bertz CT molecular complexity index is 466. The number of aliphatic hydroxyl groups excluding tert-OH is 1. The first-order valence-electron chi connectivity index (χ1n) is 4.12. The summed E-state index contributed by atoms with van der Waals surface area (Å²) in [5.41, 5.74) is 0.979. The molecule has 0 atom stereocenters. The SMILES string of the molecule is OCc1cc2ccsc2c(F)c1CCl. The lowest BCUT2D eigenvalue weighted by atomic mass is 10.1. The van der Waals surface area contributed by atoms with Crippen molar-refractivity contribution in [3.8, 4) is 0 Å². The van der Waals surface area contributed by atoms with Crippen LogP contribution >= 0.6 is 22.9 Å². The second-order valence-corrected chi connectivity index (χ2v) is 4.14. The third-order valence-electron chi connectivity index (χ3n) is 2.18. The van der Waals surface area contributed by atoms with Crippen LogP contribution in [0.25, 0.3) is 10.1 Å². The topological polar surface area (TPSA) is 20.2 Å². The summed E-state index contributed by atoms with van der Waals surface area (Å²) < 4.78 is 14.4. The Morgan fingerprint density at radius 1 is 1.50 bits per heavy atom. The molecule has 1 aromatic heterocycles. The first kappa shape index (κ1) is 9.90. The molecule has 74 valence electrons. The zero-order valence-corrected chi connectivity index (χ0v) is 8.83. The molecular weight excluding hydrogens is 223 g/mol. The highest BCUT2D eigenvalue weighted by Gasteiger charge is 2.12. The summed E-state index contributed by atoms with van der Waals surface area (Å²) in [5.74, 6) is -0.202. The van der Waals surface area contributed by atoms with Crippen molar-refractivity contribution in [2.45, 2.75) is 12.5 Å². The number of aliphatic hydroxyl groups is 1. The van der Waals surface area contributed by atoms with Gasteiger partial charge in [-0.25, -0.2) is 4.39 Å². The van der Waals surface area contributed by atoms with Gasteiger partial charge in [0.05, 0.1) is 17.2 Å². The second kappa shape index (κ2) is 3.85. The number of halogens is 2. The van der Waals surface area contributed by atoms with Gasteiger partial charge < -0.3 is 5.11 Å². The third kappa shape index (κ3) is 1.41. The predicted molar refractivity (Wildman–Crippen MR) is 57.3 cm³/mol. The monoisotopic (exact) mass is 230 g/mol. The van der Waals surface area contributed by atoms with Gasteiger partial charge in [0.15, 0.2) is 0 Å². The van der Waals surface area contributed by atoms with Crippen LogP contribution < -0.4 is 0 Å². The predicted octanol–water partition coefficient (Wildman–Crippen LogP) is 3.27. The maximum atomic E-state index is 13.8. The number of thiophene rings is 1. The normalized spacial score (nSPS) is 11.1. The van der Waals surface area contributed by atoms with E-state index in [4.69, 9.17) is 16.7 Å². The zero-order chi connectivity index (χ0) is 10.1. The molecule has 0 saturated carbocycles. The van der Waals surface area contributed by atoms with Crippen molar-refractivity contribution in [2.75, 3.05) is 0 Å². The standard InChI is InChI=1S/C10H8ClFOS/c11-4-8-7(5-13)3-6-1-2-14-10(6)9(8)12/h1-3,13H,4-5H2. The summed E-state index contributed by atoms with van der Waals surface area (Å²) in [6, 6.07) is 3.62. The molecule has 0 aliphatic heterocycles. The van der Waals surface area contributed by atoms with Crippen LogP contribution in [0.2, 0.25) is 0 Å². The van der Waals surface area contributed by atoms with E-state index >= 15 is 0 Å². The van der Waals surface area contributed by atoms with Crippen molar-refractivity contribution < 1.29 is 9.50 Å². The molecule has 0 unspecified atom stereocenters. The average molecular weight is 231 g/mol. The van der Waals surface area contributed by atoms with Gasteiger partial charge in [-0.05, 0) is 28.5 Å². The zero-order valence-electron chi connectivity index (χ0n) is 7.26. The van der Waals surface area contributed by atoms with E-state index in [2.05, 4.69) is 0 Å². The Morgan fingerprint density at radius 2 is 2.29 bits per heavy atom. The van der Waals surface area contributed by atoms with Crippen molar-refractivity contribution in [1.82, 2.24) is 0 Å². The molecule has 1 nitrogen and oxygen atoms in total. The number of rotatable bonds is 2. The molecule has 4 heteroatoms. The van der Waals surface area contributed by atoms with Crippen LogP contribution in [0, 0.1) is 5.82 Å². The number of hydrogen-bond donors (Lipinski definition) is 1. The van der Waals surface area contributed by atoms with E-state index < -0.39 is 0 Å². The molecule has 1 N–H and O–H groups in total. The van der Waals surface area contributed by atoms with Crippen LogP contribution in [0.4, 0.5) is 4.39 Å². The van der Waals surface area contributed by atoms with Crippen molar-refractivity contribution in [2.24, 2.45) is 0 Å². The van der Waals surface area contributed by atoms with Crippen molar-refractivity contribution in [3.05, 3.63) is 34.5 Å². The minimum Gasteiger partial charge on any atom is -0.392 e. The molecule has 0 radical (unpaired) electrons. The summed E-state index contributed by atoms with van der Waals surface area (Å²) in [7, 11) is 0. The van der Waals surface area contributed by atoms with Gasteiger partial charge in [-0.3, -0.25) is 0 Å². The van der Waals surface area contributed by atoms with Crippen LogP contribution in [0.1, 0.15) is 11.1 Å². The summed E-state index contributed by atoms with van der Waals surface area (Å²) in [4.78, 5) is 0. The van der Waals surface area contributed by atoms with E-state index in [1.165, 1.54) is 11.3 Å². The number of alkyl halides is 1. The van der Waals surface area contributed by atoms with Crippen LogP contribution in [-0.4, -0.2) is 5.11 Å². The fourth-order valence-corrected chi connectivity index (χ4v) is 2.58. The second-order valence-electron chi connectivity index (χ2n) is 2.96. The smallest absolute Gasteiger partial charge is 0.145 e. The lowest BCUT2D eigenvalue weighted by molar-refractivity contribution is 0.280. The first-order chi connectivity index (χ1) is 6.77. The fourth-order valence-electron chi connectivity index (χ4n) is 1.45. The third-order valence-corrected chi connectivity index (χ3v) is 3.37. The minimum atomic E-state index is -0.295. The maximum Gasteiger partial charge on any atom is 0.145 e. The van der Waals surface area contributed by atoms with Gasteiger partial charge in [0.2, 0.25) is 0 Å². The summed E-state index contributed by atoms with van der Waals surface area (Å²) >= 11 is 6.98. The lowest BCUT2D eigenvalue weighted by Gasteiger charge is -2.06. The Kier molecular flexibility index (Phi) is 2.72. The molecule has 14 heavy (non-hydrogen) atoms. The quantitative estimate of drug-likeness (QED) is 0.786. The van der Waals surface area contributed by atoms with Gasteiger partial charge in [0, 0.05) is 5.56 Å². The molecule has 0 aliphatic carbocycles. The lowest BCUT2D eigenvalue weighted by Crippen LogP contribution is -1.95. The molecule has 1 aromatic carbocycles. The summed E-state index contributed by atoms with van der Waals surface area (Å²) in [6.07, 6.45) is 0. The van der Waals surface area contributed by atoms with E-state index in [1.807, 2.05) is 11.4 Å². The Morgan fingerprint density at radius 3 is 2.93 bits per heavy atom. The molecule has 0 amide bonds. The molecule has 0 aliphatic rings. The first-order valence-corrected chi connectivity index (χ1v) is 5.53. The van der Waals surface area contributed by atoms with E-state index in [-0.39, 0.29) is 18.3 Å². The molecular formula is C10H8ClFOS. The van der Waals surface area contributed by atoms with Crippen molar-refractivity contribution in [3.63, 3.8) is 0 Å². The van der Waals surface area contributed by atoms with Crippen LogP contribution in [0.5, 0.6) is 0 Å². The van der Waals surface area contributed by atoms with Crippen molar-refractivity contribution >= 4 is 33.0 Å². The van der Waals surface area contributed by atoms with Crippen LogP contribution in [0.15, 0.2) is 17.5 Å². The van der Waals surface area contributed by atoms with Crippen LogP contribution in [-0.2, 0) is 12.5 Å². The molecule has 0 fully saturated rings. The van der Waals surface area contributed by atoms with Gasteiger partial charge in [-0.15, -0.1) is 22.9 Å².